The van der Waals surface area contributed by atoms with Crippen molar-refractivity contribution in [1.82, 2.24) is 18.7 Å². The maximum atomic E-state index is 13.0. The Morgan fingerprint density at radius 2 is 1.92 bits per heavy atom. The lowest BCUT2D eigenvalue weighted by Crippen LogP contribution is -2.41. The summed E-state index contributed by atoms with van der Waals surface area (Å²) in [6, 6.07) is 7.14. The Morgan fingerprint density at radius 1 is 1.16 bits per heavy atom. The van der Waals surface area contributed by atoms with Crippen LogP contribution in [0, 0.1) is 0 Å². The molecule has 2 heterocycles. The van der Waals surface area contributed by atoms with Crippen molar-refractivity contribution in [2.24, 2.45) is 0 Å². The zero-order chi connectivity index (χ0) is 18.0. The molecule has 0 saturated carbocycles. The number of imidazole rings is 1. The molecular weight excluding hydrogens is 324 g/mol. The molecule has 0 aliphatic carbocycles. The number of fused-ring (bicyclic) bond motifs is 1. The van der Waals surface area contributed by atoms with Crippen molar-refractivity contribution < 1.29 is 9.47 Å². The van der Waals surface area contributed by atoms with Gasteiger partial charge in [0.05, 0.1) is 32.3 Å². The molecule has 0 radical (unpaired) electrons. The first-order chi connectivity index (χ1) is 12.1. The molecule has 25 heavy (non-hydrogen) atoms. The van der Waals surface area contributed by atoms with Crippen molar-refractivity contribution in [3.63, 3.8) is 0 Å². The van der Waals surface area contributed by atoms with Gasteiger partial charge in [-0.15, -0.1) is 0 Å². The van der Waals surface area contributed by atoms with Gasteiger partial charge < -0.3 is 14.0 Å². The van der Waals surface area contributed by atoms with E-state index in [0.29, 0.717) is 29.1 Å². The summed E-state index contributed by atoms with van der Waals surface area (Å²) in [7, 11) is 3.06. The number of methoxy groups -OCH3 is 2. The molecule has 0 bridgehead atoms. The fourth-order valence-electron chi connectivity index (χ4n) is 2.83. The standard InChI is InChI=1S/C17H20N4O4/c1-4-19-11-18-15-14(19)16(22)20(9-10-24-2)17(23)21(15)12-7-5-6-8-13(12)25-3/h5-8,11H,4,9-10H2,1-3H3. The Labute approximate surface area is 143 Å². The van der Waals surface area contributed by atoms with Crippen LogP contribution in [0.4, 0.5) is 0 Å². The summed E-state index contributed by atoms with van der Waals surface area (Å²) in [5, 5.41) is 0. The van der Waals surface area contributed by atoms with E-state index in [4.69, 9.17) is 9.47 Å². The summed E-state index contributed by atoms with van der Waals surface area (Å²) in [4.78, 5) is 30.2. The molecule has 0 aliphatic rings. The Morgan fingerprint density at radius 3 is 2.60 bits per heavy atom. The zero-order valence-electron chi connectivity index (χ0n) is 14.4. The molecule has 0 atom stereocenters. The van der Waals surface area contributed by atoms with Gasteiger partial charge in [-0.25, -0.2) is 14.3 Å². The van der Waals surface area contributed by atoms with Gasteiger partial charge in [-0.2, -0.15) is 0 Å². The third-order valence-electron chi connectivity index (χ3n) is 4.09. The number of ether oxygens (including phenoxy) is 2. The molecule has 132 valence electrons. The highest BCUT2D eigenvalue weighted by atomic mass is 16.5. The highest BCUT2D eigenvalue weighted by Crippen LogP contribution is 2.23. The molecule has 3 aromatic rings. The highest BCUT2D eigenvalue weighted by molar-refractivity contribution is 5.73. The van der Waals surface area contributed by atoms with Crippen LogP contribution in [-0.2, 0) is 17.8 Å². The van der Waals surface area contributed by atoms with E-state index in [1.54, 1.807) is 29.1 Å². The summed E-state index contributed by atoms with van der Waals surface area (Å²) >= 11 is 0. The molecule has 8 heteroatoms. The number of hydrogen-bond acceptors (Lipinski definition) is 5. The van der Waals surface area contributed by atoms with Gasteiger partial charge in [-0.05, 0) is 19.1 Å². The van der Waals surface area contributed by atoms with Crippen LogP contribution in [0.1, 0.15) is 6.92 Å². The van der Waals surface area contributed by atoms with Crippen LogP contribution < -0.4 is 16.0 Å². The largest absolute Gasteiger partial charge is 0.495 e. The van der Waals surface area contributed by atoms with Crippen LogP contribution in [0.15, 0.2) is 40.2 Å². The zero-order valence-corrected chi connectivity index (χ0v) is 14.4. The van der Waals surface area contributed by atoms with E-state index in [1.165, 1.54) is 23.4 Å². The number of aryl methyl sites for hydroxylation is 1. The van der Waals surface area contributed by atoms with Crippen molar-refractivity contribution in [2.75, 3.05) is 20.8 Å². The van der Waals surface area contributed by atoms with Gasteiger partial charge >= 0.3 is 5.69 Å². The van der Waals surface area contributed by atoms with E-state index >= 15 is 0 Å². The number of aromatic nitrogens is 4. The maximum Gasteiger partial charge on any atom is 0.337 e. The third kappa shape index (κ3) is 2.74. The van der Waals surface area contributed by atoms with Gasteiger partial charge in [-0.3, -0.25) is 9.36 Å². The smallest absolute Gasteiger partial charge is 0.337 e. The molecule has 0 fully saturated rings. The molecule has 0 aliphatic heterocycles. The van der Waals surface area contributed by atoms with Crippen molar-refractivity contribution in [3.05, 3.63) is 51.4 Å². The van der Waals surface area contributed by atoms with Crippen LogP contribution in [-0.4, -0.2) is 39.5 Å². The molecule has 3 rings (SSSR count). The van der Waals surface area contributed by atoms with Gasteiger partial charge in [-0.1, -0.05) is 12.1 Å². The topological polar surface area (TPSA) is 80.3 Å². The van der Waals surface area contributed by atoms with E-state index in [1.807, 2.05) is 13.0 Å². The summed E-state index contributed by atoms with van der Waals surface area (Å²) in [5.41, 5.74) is 0.384. The average molecular weight is 344 g/mol. The van der Waals surface area contributed by atoms with Crippen molar-refractivity contribution in [1.29, 1.82) is 0 Å². The molecule has 2 aromatic heterocycles. The second-order valence-electron chi connectivity index (χ2n) is 5.44. The van der Waals surface area contributed by atoms with E-state index < -0.39 is 5.69 Å². The van der Waals surface area contributed by atoms with E-state index in [9.17, 15) is 9.59 Å². The van der Waals surface area contributed by atoms with Gasteiger partial charge in [0.15, 0.2) is 11.2 Å². The van der Waals surface area contributed by atoms with Crippen molar-refractivity contribution in [3.8, 4) is 11.4 Å². The molecule has 0 unspecified atom stereocenters. The molecule has 0 saturated heterocycles. The predicted molar refractivity (Wildman–Crippen MR) is 93.7 cm³/mol. The van der Waals surface area contributed by atoms with Crippen LogP contribution in [0.3, 0.4) is 0 Å². The van der Waals surface area contributed by atoms with E-state index in [2.05, 4.69) is 4.98 Å². The number of rotatable bonds is 6. The first-order valence-electron chi connectivity index (χ1n) is 7.97. The first kappa shape index (κ1) is 17.0. The number of nitrogens with zero attached hydrogens (tertiary/aromatic N) is 4. The number of hydrogen-bond donors (Lipinski definition) is 0. The molecule has 0 N–H and O–H groups in total. The molecule has 1 aromatic carbocycles. The SMILES string of the molecule is CCn1cnc2c1c(=O)n(CCOC)c(=O)n2-c1ccccc1OC. The van der Waals surface area contributed by atoms with Gasteiger partial charge in [0.1, 0.15) is 5.75 Å². The summed E-state index contributed by atoms with van der Waals surface area (Å²) in [5.74, 6) is 0.522. The van der Waals surface area contributed by atoms with Gasteiger partial charge in [0.2, 0.25) is 0 Å². The first-order valence-corrected chi connectivity index (χ1v) is 7.97. The van der Waals surface area contributed by atoms with Crippen molar-refractivity contribution >= 4 is 11.2 Å². The molecule has 8 nitrogen and oxygen atoms in total. The average Bonchev–Trinajstić information content (AvgIpc) is 3.06. The predicted octanol–water partition coefficient (Wildman–Crippen LogP) is 1.02. The fraction of sp³-hybridized carbons (Fsp3) is 0.353. The minimum atomic E-state index is -0.472. The van der Waals surface area contributed by atoms with Crippen LogP contribution in [0.25, 0.3) is 16.9 Å². The Bertz CT molecular complexity index is 1020. The maximum absolute atomic E-state index is 13.0. The molecule has 0 amide bonds. The molecule has 0 spiro atoms. The summed E-state index contributed by atoms with van der Waals surface area (Å²) in [6.45, 7) is 2.90. The van der Waals surface area contributed by atoms with E-state index in [-0.39, 0.29) is 18.7 Å². The second-order valence-corrected chi connectivity index (χ2v) is 5.44. The Hall–Kier alpha value is -2.87. The van der Waals surface area contributed by atoms with Crippen LogP contribution in [0.2, 0.25) is 0 Å². The third-order valence-corrected chi connectivity index (χ3v) is 4.09. The fourth-order valence-corrected chi connectivity index (χ4v) is 2.83. The quantitative estimate of drug-likeness (QED) is 0.667. The number of para-hydroxylation sites is 2. The van der Waals surface area contributed by atoms with Gasteiger partial charge in [0, 0.05) is 13.7 Å². The Balaban J connectivity index is 2.44. The highest BCUT2D eigenvalue weighted by Gasteiger charge is 2.20. The second kappa shape index (κ2) is 6.94. The lowest BCUT2D eigenvalue weighted by Gasteiger charge is -2.14. The lowest BCUT2D eigenvalue weighted by molar-refractivity contribution is 0.184. The van der Waals surface area contributed by atoms with Crippen molar-refractivity contribution in [2.45, 2.75) is 20.0 Å². The normalized spacial score (nSPS) is 11.2. The lowest BCUT2D eigenvalue weighted by atomic mass is 10.3. The van der Waals surface area contributed by atoms with Crippen LogP contribution in [0.5, 0.6) is 5.75 Å². The summed E-state index contributed by atoms with van der Waals surface area (Å²) in [6.07, 6.45) is 1.57. The van der Waals surface area contributed by atoms with E-state index in [0.717, 1.165) is 0 Å². The van der Waals surface area contributed by atoms with Crippen LogP contribution >= 0.6 is 0 Å². The summed E-state index contributed by atoms with van der Waals surface area (Å²) < 4.78 is 14.7. The minimum absolute atomic E-state index is 0.161. The number of benzene rings is 1. The minimum Gasteiger partial charge on any atom is -0.495 e. The van der Waals surface area contributed by atoms with Gasteiger partial charge in [0.25, 0.3) is 5.56 Å². The Kier molecular flexibility index (Phi) is 4.71. The monoisotopic (exact) mass is 344 g/mol. The molecular formula is C17H20N4O4.